The summed E-state index contributed by atoms with van der Waals surface area (Å²) in [5, 5.41) is 48.1. The molecule has 0 bridgehead atoms. The van der Waals surface area contributed by atoms with E-state index >= 15 is 0 Å². The minimum Gasteiger partial charge on any atom is -0.394 e. The molecule has 0 unspecified atom stereocenters. The molecule has 0 spiro atoms. The number of hydrogen-bond donors (Lipinski definition) is 5. The first-order chi connectivity index (χ1) is 10.8. The van der Waals surface area contributed by atoms with Crippen LogP contribution in [0.3, 0.4) is 0 Å². The number of halogens is 4. The highest BCUT2D eigenvalue weighted by molar-refractivity contribution is 6.21. The Balaban J connectivity index is 0.00000288. The predicted molar refractivity (Wildman–Crippen MR) is 86.8 cm³/mol. The number of rotatable bonds is 5. The molecule has 5 N–H and O–H groups in total. The number of aliphatic hydroxyl groups is 5. The van der Waals surface area contributed by atoms with Crippen molar-refractivity contribution >= 4 is 47.2 Å². The third kappa shape index (κ3) is 4.05. The Hall–Kier alpha value is 0.840. The van der Waals surface area contributed by atoms with E-state index < -0.39 is 66.6 Å². The first-order valence-corrected chi connectivity index (χ1v) is 8.42. The van der Waals surface area contributed by atoms with E-state index in [-0.39, 0.29) is 18.3 Å². The number of hydrogen-bond acceptors (Lipinski definition) is 8. The first kappa shape index (κ1) is 22.9. The van der Waals surface area contributed by atoms with Gasteiger partial charge in [-0.1, -0.05) is 0 Å². The Bertz CT molecular complexity index is 405. The summed E-state index contributed by atoms with van der Waals surface area (Å²) in [7, 11) is 0. The number of ether oxygens (including phenoxy) is 3. The van der Waals surface area contributed by atoms with Gasteiger partial charge >= 0.3 is 0 Å². The van der Waals surface area contributed by atoms with Gasteiger partial charge in [-0.05, 0) is 0 Å². The summed E-state index contributed by atoms with van der Waals surface area (Å²) in [6, 6.07) is 0. The Morgan fingerprint density at radius 3 is 2.08 bits per heavy atom. The topological polar surface area (TPSA) is 129 Å². The van der Waals surface area contributed by atoms with E-state index in [4.69, 9.17) is 49.0 Å². The van der Waals surface area contributed by atoms with Crippen molar-refractivity contribution in [1.29, 1.82) is 0 Å². The van der Waals surface area contributed by atoms with E-state index in [0.29, 0.717) is 0 Å². The molecule has 0 aliphatic carbocycles. The average molecular weight is 434 g/mol. The number of alkyl halides is 3. The van der Waals surface area contributed by atoms with E-state index in [1.54, 1.807) is 0 Å². The molecule has 2 heterocycles. The van der Waals surface area contributed by atoms with Gasteiger partial charge < -0.3 is 39.7 Å². The molecule has 2 saturated heterocycles. The molecule has 0 amide bonds. The quantitative estimate of drug-likeness (QED) is 0.341. The van der Waals surface area contributed by atoms with Gasteiger partial charge in [-0.15, -0.1) is 47.2 Å². The normalized spacial score (nSPS) is 49.0. The smallest absolute Gasteiger partial charge is 0.214 e. The zero-order valence-electron chi connectivity index (χ0n) is 12.2. The summed E-state index contributed by atoms with van der Waals surface area (Å²) in [6.45, 7) is -0.526. The first-order valence-electron chi connectivity index (χ1n) is 6.91. The standard InChI is InChI=1S/C12H19Cl3O8.ClH/c13-1-4-7(17)10(20)12(3-14,22-4)23-11-9(19)8(18)6(15)5(2-16)21-11;/h4-11,16-20H,1-3H2;1H/t4-,5-,6+,7-,8+,9-,10+,11-,12+;/m1./s1. The predicted octanol–water partition coefficient (Wildman–Crippen LogP) is -1.23. The molecule has 2 aliphatic heterocycles. The third-order valence-corrected chi connectivity index (χ3v) is 5.17. The molecule has 2 aliphatic rings. The van der Waals surface area contributed by atoms with Crippen molar-refractivity contribution in [2.75, 3.05) is 18.4 Å². The largest absolute Gasteiger partial charge is 0.394 e. The molecular weight excluding hydrogens is 414 g/mol. The minimum absolute atomic E-state index is 0. The second-order valence-electron chi connectivity index (χ2n) is 5.46. The van der Waals surface area contributed by atoms with Crippen LogP contribution in [0, 0.1) is 0 Å². The fraction of sp³-hybridized carbons (Fsp3) is 1.00. The summed E-state index contributed by atoms with van der Waals surface area (Å²) < 4.78 is 16.1. The van der Waals surface area contributed by atoms with E-state index in [1.165, 1.54) is 0 Å². The number of aliphatic hydroxyl groups excluding tert-OH is 5. The van der Waals surface area contributed by atoms with Gasteiger partial charge in [0.25, 0.3) is 0 Å². The molecule has 0 aromatic heterocycles. The van der Waals surface area contributed by atoms with Crippen molar-refractivity contribution in [2.45, 2.75) is 54.1 Å². The van der Waals surface area contributed by atoms with Crippen molar-refractivity contribution in [2.24, 2.45) is 0 Å². The molecule has 144 valence electrons. The summed E-state index contributed by atoms with van der Waals surface area (Å²) in [4.78, 5) is 0. The fourth-order valence-electron chi connectivity index (χ4n) is 2.56. The summed E-state index contributed by atoms with van der Waals surface area (Å²) in [5.74, 6) is -2.43. The Morgan fingerprint density at radius 2 is 1.62 bits per heavy atom. The van der Waals surface area contributed by atoms with E-state index in [1.807, 2.05) is 0 Å². The Kier molecular flexibility index (Phi) is 8.74. The van der Waals surface area contributed by atoms with Gasteiger partial charge in [0.05, 0.1) is 23.7 Å². The second kappa shape index (κ2) is 9.16. The lowest BCUT2D eigenvalue weighted by atomic mass is 10.0. The van der Waals surface area contributed by atoms with Gasteiger partial charge in [-0.2, -0.15) is 0 Å². The zero-order valence-corrected chi connectivity index (χ0v) is 15.3. The lowest BCUT2D eigenvalue weighted by Gasteiger charge is -2.43. The summed E-state index contributed by atoms with van der Waals surface area (Å²) in [5.41, 5.74) is 0. The van der Waals surface area contributed by atoms with Gasteiger partial charge in [0.15, 0.2) is 6.29 Å². The SMILES string of the molecule is Cl.OC[C@H]1O[C@H](O[C@]2(CCl)O[C@H](CCl)[C@@H](O)[C@@H]2O)[C@H](O)[C@@H](O)[C@H]1Cl. The molecule has 2 fully saturated rings. The van der Waals surface area contributed by atoms with Crippen molar-refractivity contribution in [3.05, 3.63) is 0 Å². The van der Waals surface area contributed by atoms with Crippen LogP contribution in [0.25, 0.3) is 0 Å². The molecule has 0 aromatic rings. The molecular formula is C12H20Cl4O8. The molecule has 2 rings (SSSR count). The monoisotopic (exact) mass is 432 g/mol. The van der Waals surface area contributed by atoms with Crippen LogP contribution >= 0.6 is 47.2 Å². The average Bonchev–Trinajstić information content (AvgIpc) is 2.80. The van der Waals surface area contributed by atoms with Crippen LogP contribution < -0.4 is 0 Å². The maximum atomic E-state index is 10.1. The van der Waals surface area contributed by atoms with Gasteiger partial charge in [-0.3, -0.25) is 0 Å². The lowest BCUT2D eigenvalue weighted by Crippen LogP contribution is -2.61. The van der Waals surface area contributed by atoms with Crippen LogP contribution in [0.1, 0.15) is 0 Å². The fourth-order valence-corrected chi connectivity index (χ4v) is 3.37. The Morgan fingerprint density at radius 1 is 1.00 bits per heavy atom. The third-order valence-electron chi connectivity index (χ3n) is 3.96. The van der Waals surface area contributed by atoms with Gasteiger partial charge in [0.2, 0.25) is 5.79 Å². The highest BCUT2D eigenvalue weighted by atomic mass is 35.5. The van der Waals surface area contributed by atoms with E-state index in [0.717, 1.165) is 0 Å². The highest BCUT2D eigenvalue weighted by Crippen LogP contribution is 2.37. The highest BCUT2D eigenvalue weighted by Gasteiger charge is 2.58. The summed E-state index contributed by atoms with van der Waals surface area (Å²) >= 11 is 17.3. The molecule has 0 saturated carbocycles. The molecule has 0 radical (unpaired) electrons. The van der Waals surface area contributed by atoms with Crippen molar-refractivity contribution in [3.8, 4) is 0 Å². The molecule has 9 atom stereocenters. The van der Waals surface area contributed by atoms with Crippen LogP contribution in [0.4, 0.5) is 0 Å². The van der Waals surface area contributed by atoms with Gasteiger partial charge in [0.1, 0.15) is 36.6 Å². The minimum atomic E-state index is -1.90. The second-order valence-corrected chi connectivity index (χ2v) is 6.54. The van der Waals surface area contributed by atoms with Crippen molar-refractivity contribution in [1.82, 2.24) is 0 Å². The molecule has 24 heavy (non-hydrogen) atoms. The zero-order chi connectivity index (χ0) is 17.4. The van der Waals surface area contributed by atoms with Crippen LogP contribution in [0.5, 0.6) is 0 Å². The van der Waals surface area contributed by atoms with Crippen LogP contribution in [0.2, 0.25) is 0 Å². The van der Waals surface area contributed by atoms with Crippen molar-refractivity contribution in [3.63, 3.8) is 0 Å². The summed E-state index contributed by atoms with van der Waals surface area (Å²) in [6.07, 6.45) is -9.39. The van der Waals surface area contributed by atoms with Crippen molar-refractivity contribution < 1.29 is 39.7 Å². The molecule has 8 nitrogen and oxygen atoms in total. The molecule has 0 aromatic carbocycles. The maximum absolute atomic E-state index is 10.1. The lowest BCUT2D eigenvalue weighted by molar-refractivity contribution is -0.357. The Labute approximate surface area is 159 Å². The molecule has 12 heteroatoms. The van der Waals surface area contributed by atoms with Gasteiger partial charge in [-0.25, -0.2) is 0 Å². The van der Waals surface area contributed by atoms with Crippen LogP contribution in [-0.4, -0.2) is 98.0 Å². The van der Waals surface area contributed by atoms with E-state index in [9.17, 15) is 25.5 Å². The van der Waals surface area contributed by atoms with E-state index in [2.05, 4.69) is 0 Å². The maximum Gasteiger partial charge on any atom is 0.214 e. The van der Waals surface area contributed by atoms with Crippen LogP contribution in [-0.2, 0) is 14.2 Å². The van der Waals surface area contributed by atoms with Crippen LogP contribution in [0.15, 0.2) is 0 Å². The van der Waals surface area contributed by atoms with Gasteiger partial charge in [0, 0.05) is 0 Å².